The molecule has 0 unspecified atom stereocenters. The van der Waals surface area contributed by atoms with Crippen molar-refractivity contribution >= 4 is 0 Å². The maximum atomic E-state index is 2.34. The largest absolute Gasteiger partial charge is 0.0885 e. The van der Waals surface area contributed by atoms with Crippen molar-refractivity contribution < 1.29 is 0 Å². The maximum absolute atomic E-state index is 2.34. The van der Waals surface area contributed by atoms with Crippen molar-refractivity contribution in [2.75, 3.05) is 0 Å². The fraction of sp³-hybridized carbons (Fsp3) is 0.750. The van der Waals surface area contributed by atoms with Crippen LogP contribution in [0.1, 0.15) is 72.6 Å². The van der Waals surface area contributed by atoms with E-state index in [0.29, 0.717) is 5.41 Å². The Morgan fingerprint density at radius 2 is 1.31 bits per heavy atom. The molecule has 0 radical (unpaired) electrons. The summed E-state index contributed by atoms with van der Waals surface area (Å²) in [4.78, 5) is 0. The van der Waals surface area contributed by atoms with Crippen molar-refractivity contribution in [1.29, 1.82) is 0 Å². The number of allylic oxidation sites excluding steroid dienone is 4. The molecule has 0 amide bonds. The molecule has 0 fully saturated rings. The van der Waals surface area contributed by atoms with E-state index in [9.17, 15) is 0 Å². The Morgan fingerprint density at radius 1 is 0.750 bits per heavy atom. The SMILES string of the molecule is CCCCCC=CCCC=CCC(C)(C)C. The summed E-state index contributed by atoms with van der Waals surface area (Å²) in [5.41, 5.74) is 0.437. The van der Waals surface area contributed by atoms with Crippen molar-refractivity contribution in [3.8, 4) is 0 Å². The third kappa shape index (κ3) is 13.5. The van der Waals surface area contributed by atoms with Crippen LogP contribution in [0, 0.1) is 5.41 Å². The van der Waals surface area contributed by atoms with Gasteiger partial charge in [0.05, 0.1) is 0 Å². The zero-order chi connectivity index (χ0) is 12.3. The fourth-order valence-corrected chi connectivity index (χ4v) is 1.50. The zero-order valence-corrected chi connectivity index (χ0v) is 11.8. The highest BCUT2D eigenvalue weighted by Crippen LogP contribution is 2.18. The third-order valence-electron chi connectivity index (χ3n) is 2.54. The molecular weight excluding hydrogens is 192 g/mol. The van der Waals surface area contributed by atoms with E-state index >= 15 is 0 Å². The van der Waals surface area contributed by atoms with Crippen LogP contribution in [0.5, 0.6) is 0 Å². The molecule has 0 aliphatic heterocycles. The Balaban J connectivity index is 3.32. The van der Waals surface area contributed by atoms with Crippen LogP contribution in [0.3, 0.4) is 0 Å². The minimum Gasteiger partial charge on any atom is -0.0885 e. The Kier molecular flexibility index (Phi) is 9.37. The van der Waals surface area contributed by atoms with E-state index in [4.69, 9.17) is 0 Å². The zero-order valence-electron chi connectivity index (χ0n) is 11.8. The van der Waals surface area contributed by atoms with Gasteiger partial charge in [0.1, 0.15) is 0 Å². The van der Waals surface area contributed by atoms with Crippen molar-refractivity contribution in [2.45, 2.75) is 72.6 Å². The highest BCUT2D eigenvalue weighted by Gasteiger charge is 2.05. The highest BCUT2D eigenvalue weighted by molar-refractivity contribution is 4.89. The molecule has 0 rings (SSSR count). The van der Waals surface area contributed by atoms with Gasteiger partial charge >= 0.3 is 0 Å². The summed E-state index contributed by atoms with van der Waals surface area (Å²) in [6.45, 7) is 9.10. The summed E-state index contributed by atoms with van der Waals surface area (Å²) >= 11 is 0. The average Bonchev–Trinajstić information content (AvgIpc) is 2.19. The van der Waals surface area contributed by atoms with E-state index < -0.39 is 0 Å². The quantitative estimate of drug-likeness (QED) is 0.354. The molecule has 0 saturated carbocycles. The van der Waals surface area contributed by atoms with Gasteiger partial charge < -0.3 is 0 Å². The first-order chi connectivity index (χ1) is 7.56. The second-order valence-corrected chi connectivity index (χ2v) is 5.78. The van der Waals surface area contributed by atoms with E-state index in [-0.39, 0.29) is 0 Å². The monoisotopic (exact) mass is 222 g/mol. The molecule has 16 heavy (non-hydrogen) atoms. The molecule has 0 aromatic heterocycles. The second-order valence-electron chi connectivity index (χ2n) is 5.78. The van der Waals surface area contributed by atoms with Gasteiger partial charge in [0.15, 0.2) is 0 Å². The Hall–Kier alpha value is -0.520. The molecule has 0 aliphatic rings. The Morgan fingerprint density at radius 3 is 1.88 bits per heavy atom. The molecule has 0 heteroatoms. The Labute approximate surface area is 103 Å². The molecular formula is C16H30. The number of rotatable bonds is 8. The van der Waals surface area contributed by atoms with Crippen LogP contribution in [0.4, 0.5) is 0 Å². The van der Waals surface area contributed by atoms with Crippen LogP contribution in [-0.4, -0.2) is 0 Å². The summed E-state index contributed by atoms with van der Waals surface area (Å²) in [5, 5.41) is 0. The predicted octanol–water partition coefficient (Wildman–Crippen LogP) is 5.90. The van der Waals surface area contributed by atoms with Crippen LogP contribution in [0.25, 0.3) is 0 Å². The molecule has 0 aromatic carbocycles. The van der Waals surface area contributed by atoms with E-state index in [2.05, 4.69) is 52.0 Å². The molecule has 0 saturated heterocycles. The van der Waals surface area contributed by atoms with E-state index in [1.165, 1.54) is 44.9 Å². The number of hydrogen-bond donors (Lipinski definition) is 0. The predicted molar refractivity (Wildman–Crippen MR) is 75.7 cm³/mol. The molecule has 0 spiro atoms. The highest BCUT2D eigenvalue weighted by atomic mass is 14.1. The molecule has 0 heterocycles. The molecule has 94 valence electrons. The van der Waals surface area contributed by atoms with Crippen LogP contribution in [0.15, 0.2) is 24.3 Å². The van der Waals surface area contributed by atoms with Gasteiger partial charge in [-0.15, -0.1) is 0 Å². The molecule has 0 aliphatic carbocycles. The maximum Gasteiger partial charge on any atom is -0.0302 e. The lowest BCUT2D eigenvalue weighted by Crippen LogP contribution is -2.01. The summed E-state index contributed by atoms with van der Waals surface area (Å²) in [6.07, 6.45) is 18.2. The van der Waals surface area contributed by atoms with Gasteiger partial charge in [-0.05, 0) is 37.5 Å². The van der Waals surface area contributed by atoms with Crippen LogP contribution < -0.4 is 0 Å². The van der Waals surface area contributed by atoms with Crippen LogP contribution in [0.2, 0.25) is 0 Å². The lowest BCUT2D eigenvalue weighted by atomic mass is 9.92. The van der Waals surface area contributed by atoms with E-state index in [1.54, 1.807) is 0 Å². The van der Waals surface area contributed by atoms with Crippen LogP contribution >= 0.6 is 0 Å². The molecule has 0 bridgehead atoms. The van der Waals surface area contributed by atoms with Gasteiger partial charge in [0.2, 0.25) is 0 Å². The topological polar surface area (TPSA) is 0 Å². The average molecular weight is 222 g/mol. The smallest absolute Gasteiger partial charge is 0.0302 e. The summed E-state index contributed by atoms with van der Waals surface area (Å²) < 4.78 is 0. The molecule has 0 nitrogen and oxygen atoms in total. The first-order valence-corrected chi connectivity index (χ1v) is 6.86. The number of unbranched alkanes of at least 4 members (excludes halogenated alkanes) is 4. The van der Waals surface area contributed by atoms with Crippen LogP contribution in [-0.2, 0) is 0 Å². The lowest BCUT2D eigenvalue weighted by Gasteiger charge is -2.14. The van der Waals surface area contributed by atoms with Gasteiger partial charge in [-0.1, -0.05) is 64.8 Å². The van der Waals surface area contributed by atoms with Gasteiger partial charge in [0.25, 0.3) is 0 Å². The normalized spacial score (nSPS) is 13.0. The second kappa shape index (κ2) is 9.69. The summed E-state index contributed by atoms with van der Waals surface area (Å²) in [6, 6.07) is 0. The van der Waals surface area contributed by atoms with Gasteiger partial charge in [0, 0.05) is 0 Å². The van der Waals surface area contributed by atoms with Crippen molar-refractivity contribution in [3.63, 3.8) is 0 Å². The minimum absolute atomic E-state index is 0.437. The molecule has 0 N–H and O–H groups in total. The van der Waals surface area contributed by atoms with Crippen molar-refractivity contribution in [1.82, 2.24) is 0 Å². The van der Waals surface area contributed by atoms with E-state index in [1.807, 2.05) is 0 Å². The van der Waals surface area contributed by atoms with Gasteiger partial charge in [-0.3, -0.25) is 0 Å². The van der Waals surface area contributed by atoms with E-state index in [0.717, 1.165) is 0 Å². The molecule has 0 atom stereocenters. The fourth-order valence-electron chi connectivity index (χ4n) is 1.50. The van der Waals surface area contributed by atoms with Crippen molar-refractivity contribution in [3.05, 3.63) is 24.3 Å². The minimum atomic E-state index is 0.437. The number of hydrogen-bond acceptors (Lipinski definition) is 0. The standard InChI is InChI=1S/C16H30/c1-5-6-7-8-9-10-11-12-13-14-15-16(2,3)4/h9-10,13-14H,5-8,11-12,15H2,1-4H3. The molecule has 0 aromatic rings. The van der Waals surface area contributed by atoms with Crippen molar-refractivity contribution in [2.24, 2.45) is 5.41 Å². The third-order valence-corrected chi connectivity index (χ3v) is 2.54. The Bertz CT molecular complexity index is 191. The summed E-state index contributed by atoms with van der Waals surface area (Å²) in [5.74, 6) is 0. The summed E-state index contributed by atoms with van der Waals surface area (Å²) in [7, 11) is 0. The first kappa shape index (κ1) is 15.5. The van der Waals surface area contributed by atoms with Gasteiger partial charge in [-0.25, -0.2) is 0 Å². The van der Waals surface area contributed by atoms with Gasteiger partial charge in [-0.2, -0.15) is 0 Å². The first-order valence-electron chi connectivity index (χ1n) is 6.86. The lowest BCUT2D eigenvalue weighted by molar-refractivity contribution is 0.420.